The predicted octanol–water partition coefficient (Wildman–Crippen LogP) is 3.44. The summed E-state index contributed by atoms with van der Waals surface area (Å²) >= 11 is 1.24. The molecule has 0 aliphatic heterocycles. The number of carbonyl (C=O) groups is 2. The molecule has 3 rings (SSSR count). The van der Waals surface area contributed by atoms with E-state index in [2.05, 4.69) is 5.32 Å². The lowest BCUT2D eigenvalue weighted by atomic mass is 9.97. The molecule has 1 atom stereocenters. The molecule has 1 saturated carbocycles. The number of nitro benzene ring substituents is 1. The van der Waals surface area contributed by atoms with Gasteiger partial charge in [-0.05, 0) is 43.2 Å². The number of hydrogen-bond donors (Lipinski definition) is 2. The van der Waals surface area contributed by atoms with E-state index < -0.39 is 10.7 Å². The third kappa shape index (κ3) is 5.14. The molecule has 0 saturated heterocycles. The number of nitrogens with zero attached hydrogens (tertiary/aromatic N) is 1. The van der Waals surface area contributed by atoms with Gasteiger partial charge in [0.1, 0.15) is 0 Å². The van der Waals surface area contributed by atoms with Crippen molar-refractivity contribution >= 4 is 41.5 Å². The number of nitrogens with one attached hydrogen (secondary N) is 1. The number of ketones is 1. The third-order valence-corrected chi connectivity index (χ3v) is 5.60. The van der Waals surface area contributed by atoms with Gasteiger partial charge in [0.25, 0.3) is 11.6 Å². The van der Waals surface area contributed by atoms with Gasteiger partial charge in [-0.1, -0.05) is 18.2 Å². The summed E-state index contributed by atoms with van der Waals surface area (Å²) in [6.07, 6.45) is 3.81. The Bertz CT molecular complexity index is 934. The van der Waals surface area contributed by atoms with Crippen LogP contribution in [-0.2, 0) is 0 Å². The van der Waals surface area contributed by atoms with Crippen LogP contribution in [0.5, 0.6) is 0 Å². The average Bonchev–Trinajstić information content (AvgIpc) is 3.56. The summed E-state index contributed by atoms with van der Waals surface area (Å²) in [5.74, 6) is -0.405. The first-order valence-electron chi connectivity index (χ1n) is 8.93. The second-order valence-corrected chi connectivity index (χ2v) is 7.52. The number of benzene rings is 2. The summed E-state index contributed by atoms with van der Waals surface area (Å²) < 4.78 is 0. The van der Waals surface area contributed by atoms with Crippen molar-refractivity contribution in [1.29, 1.82) is 0 Å². The highest BCUT2D eigenvalue weighted by Gasteiger charge is 2.32. The minimum atomic E-state index is -0.511. The zero-order valence-electron chi connectivity index (χ0n) is 15.8. The van der Waals surface area contributed by atoms with Gasteiger partial charge in [-0.25, -0.2) is 0 Å². The molecule has 7 nitrogen and oxygen atoms in total. The van der Waals surface area contributed by atoms with Crippen molar-refractivity contribution in [3.05, 3.63) is 69.3 Å². The number of nitro groups is 1. The second kappa shape index (κ2) is 9.87. The highest BCUT2D eigenvalue weighted by Crippen LogP contribution is 2.32. The lowest BCUT2D eigenvalue weighted by molar-refractivity contribution is -0.387. The Labute approximate surface area is 179 Å². The lowest BCUT2D eigenvalue weighted by Crippen LogP contribution is -2.42. The molecule has 1 aliphatic carbocycles. The summed E-state index contributed by atoms with van der Waals surface area (Å²) in [6, 6.07) is 10.7. The van der Waals surface area contributed by atoms with Crippen LogP contribution < -0.4 is 11.1 Å². The van der Waals surface area contributed by atoms with E-state index in [0.717, 1.165) is 12.8 Å². The van der Waals surface area contributed by atoms with Gasteiger partial charge in [-0.3, -0.25) is 19.7 Å². The molecule has 1 unspecified atom stereocenters. The Morgan fingerprint density at radius 2 is 1.90 bits per heavy atom. The van der Waals surface area contributed by atoms with E-state index >= 15 is 0 Å². The molecular formula is C20H22ClN3O4S. The molecule has 1 fully saturated rings. The topological polar surface area (TPSA) is 115 Å². The van der Waals surface area contributed by atoms with E-state index in [-0.39, 0.29) is 46.7 Å². The Kier molecular flexibility index (Phi) is 7.78. The molecule has 1 aliphatic rings. The molecule has 29 heavy (non-hydrogen) atoms. The van der Waals surface area contributed by atoms with Crippen molar-refractivity contribution in [3.63, 3.8) is 0 Å². The van der Waals surface area contributed by atoms with Crippen molar-refractivity contribution in [2.75, 3.05) is 12.8 Å². The quantitative estimate of drug-likeness (QED) is 0.284. The van der Waals surface area contributed by atoms with E-state index in [0.29, 0.717) is 17.4 Å². The predicted molar refractivity (Wildman–Crippen MR) is 115 cm³/mol. The van der Waals surface area contributed by atoms with Crippen LogP contribution in [0.2, 0.25) is 0 Å². The van der Waals surface area contributed by atoms with Gasteiger partial charge >= 0.3 is 0 Å². The molecule has 0 radical (unpaired) electrons. The Hall–Kier alpha value is -2.42. The van der Waals surface area contributed by atoms with Crippen LogP contribution in [0.3, 0.4) is 0 Å². The molecule has 0 heterocycles. The maximum atomic E-state index is 13.0. The fourth-order valence-corrected chi connectivity index (χ4v) is 3.67. The van der Waals surface area contributed by atoms with Crippen LogP contribution >= 0.6 is 24.2 Å². The van der Waals surface area contributed by atoms with E-state index in [4.69, 9.17) is 5.73 Å². The zero-order chi connectivity index (χ0) is 20.3. The van der Waals surface area contributed by atoms with Gasteiger partial charge in [0.15, 0.2) is 5.78 Å². The van der Waals surface area contributed by atoms with Gasteiger partial charge in [0, 0.05) is 29.8 Å². The summed E-state index contributed by atoms with van der Waals surface area (Å²) in [7, 11) is 0. The number of thioether (sulfide) groups is 1. The third-order valence-electron chi connectivity index (χ3n) is 4.82. The zero-order valence-corrected chi connectivity index (χ0v) is 17.4. The molecule has 0 spiro atoms. The molecule has 2 aromatic rings. The number of halogens is 1. The van der Waals surface area contributed by atoms with Crippen molar-refractivity contribution in [2.24, 2.45) is 11.7 Å². The summed E-state index contributed by atoms with van der Waals surface area (Å²) in [4.78, 5) is 37.0. The van der Waals surface area contributed by atoms with Gasteiger partial charge in [-0.2, -0.15) is 0 Å². The van der Waals surface area contributed by atoms with Crippen LogP contribution in [0, 0.1) is 16.0 Å². The van der Waals surface area contributed by atoms with Gasteiger partial charge in [0.05, 0.1) is 15.4 Å². The van der Waals surface area contributed by atoms with Gasteiger partial charge in [-0.15, -0.1) is 24.2 Å². The fourth-order valence-electron chi connectivity index (χ4n) is 3.12. The highest BCUT2D eigenvalue weighted by molar-refractivity contribution is 7.98. The Balaban J connectivity index is 0.00000300. The number of rotatable bonds is 8. The Morgan fingerprint density at radius 1 is 1.24 bits per heavy atom. The molecule has 0 aromatic heterocycles. The van der Waals surface area contributed by atoms with Crippen LogP contribution in [0.4, 0.5) is 5.69 Å². The molecule has 154 valence electrons. The monoisotopic (exact) mass is 435 g/mol. The van der Waals surface area contributed by atoms with Crippen LogP contribution in [-0.4, -0.2) is 35.5 Å². The Morgan fingerprint density at radius 3 is 2.45 bits per heavy atom. The smallest absolute Gasteiger partial charge is 0.283 e. The first-order valence-corrected chi connectivity index (χ1v) is 10.2. The largest absolute Gasteiger partial charge is 0.348 e. The molecule has 3 N–H and O–H groups in total. The van der Waals surface area contributed by atoms with Gasteiger partial charge < -0.3 is 11.1 Å². The minimum Gasteiger partial charge on any atom is -0.348 e. The molecule has 9 heteroatoms. The van der Waals surface area contributed by atoms with E-state index in [1.54, 1.807) is 42.7 Å². The molecular weight excluding hydrogens is 414 g/mol. The SMILES string of the molecule is CSc1ccc(C(=O)c2ccccc2C(=O)NC(CN)C2CC2)cc1[N+](=O)[O-].Cl. The first kappa shape index (κ1) is 22.9. The van der Waals surface area contributed by atoms with Crippen LogP contribution in [0.15, 0.2) is 47.4 Å². The maximum absolute atomic E-state index is 13.0. The maximum Gasteiger partial charge on any atom is 0.283 e. The van der Waals surface area contributed by atoms with E-state index in [1.165, 1.54) is 17.8 Å². The minimum absolute atomic E-state index is 0. The van der Waals surface area contributed by atoms with E-state index in [9.17, 15) is 19.7 Å². The number of nitrogens with two attached hydrogens (primary N) is 1. The van der Waals surface area contributed by atoms with Crippen molar-refractivity contribution in [3.8, 4) is 0 Å². The highest BCUT2D eigenvalue weighted by atomic mass is 35.5. The fraction of sp³-hybridized carbons (Fsp3) is 0.300. The van der Waals surface area contributed by atoms with E-state index in [1.807, 2.05) is 0 Å². The summed E-state index contributed by atoms with van der Waals surface area (Å²) in [5, 5.41) is 14.2. The van der Waals surface area contributed by atoms with Crippen molar-refractivity contribution < 1.29 is 14.5 Å². The van der Waals surface area contributed by atoms with Crippen LogP contribution in [0.25, 0.3) is 0 Å². The number of carbonyl (C=O) groups excluding carboxylic acids is 2. The molecule has 0 bridgehead atoms. The first-order chi connectivity index (χ1) is 13.5. The molecule has 1 amide bonds. The van der Waals surface area contributed by atoms with Gasteiger partial charge in [0.2, 0.25) is 0 Å². The summed E-state index contributed by atoms with van der Waals surface area (Å²) in [5.41, 5.74) is 6.24. The van der Waals surface area contributed by atoms with Crippen LogP contribution in [0.1, 0.15) is 39.1 Å². The number of hydrogen-bond acceptors (Lipinski definition) is 6. The standard InChI is InChI=1S/C20H21N3O4S.ClH/c1-28-18-9-8-13(10-17(18)23(26)27)19(24)14-4-2-3-5-15(14)20(25)22-16(11-21)12-6-7-12;/h2-5,8-10,12,16H,6-7,11,21H2,1H3,(H,22,25);1H. The number of amides is 1. The lowest BCUT2D eigenvalue weighted by Gasteiger charge is -2.17. The molecule has 2 aromatic carbocycles. The summed E-state index contributed by atoms with van der Waals surface area (Å²) in [6.45, 7) is 0.342. The second-order valence-electron chi connectivity index (χ2n) is 6.67. The normalized spacial score (nSPS) is 13.9. The van der Waals surface area contributed by atoms with Crippen molar-refractivity contribution in [2.45, 2.75) is 23.8 Å². The average molecular weight is 436 g/mol. The van der Waals surface area contributed by atoms with Crippen molar-refractivity contribution in [1.82, 2.24) is 5.32 Å².